The Hall–Kier alpha value is -2.79. The predicted octanol–water partition coefficient (Wildman–Crippen LogP) is 1.90. The molecule has 1 saturated heterocycles. The van der Waals surface area contributed by atoms with Crippen LogP contribution in [0.4, 0.5) is 17.5 Å². The third-order valence-corrected chi connectivity index (χ3v) is 6.45. The fourth-order valence-corrected chi connectivity index (χ4v) is 4.79. The summed E-state index contributed by atoms with van der Waals surface area (Å²) >= 11 is 0. The van der Waals surface area contributed by atoms with E-state index in [-0.39, 0.29) is 5.41 Å². The second kappa shape index (κ2) is 6.38. The van der Waals surface area contributed by atoms with Gasteiger partial charge in [-0.3, -0.25) is 0 Å². The van der Waals surface area contributed by atoms with E-state index in [2.05, 4.69) is 50.2 Å². The van der Waals surface area contributed by atoms with E-state index in [0.29, 0.717) is 23.5 Å². The van der Waals surface area contributed by atoms with E-state index >= 15 is 0 Å². The zero-order valence-corrected chi connectivity index (χ0v) is 16.3. The molecule has 1 aliphatic carbocycles. The average Bonchev–Trinajstić information content (AvgIpc) is 3.06. The van der Waals surface area contributed by atoms with Crippen molar-refractivity contribution in [1.29, 1.82) is 5.26 Å². The molecule has 0 bridgehead atoms. The van der Waals surface area contributed by atoms with Crippen molar-refractivity contribution in [2.24, 2.45) is 0 Å². The molecule has 0 radical (unpaired) electrons. The molecule has 1 N–H and O–H groups in total. The lowest BCUT2D eigenvalue weighted by Gasteiger charge is -2.43. The van der Waals surface area contributed by atoms with Crippen LogP contribution in [0.15, 0.2) is 18.6 Å². The van der Waals surface area contributed by atoms with Crippen molar-refractivity contribution in [2.75, 3.05) is 29.4 Å². The quantitative estimate of drug-likeness (QED) is 0.849. The van der Waals surface area contributed by atoms with Crippen molar-refractivity contribution in [3.63, 3.8) is 0 Å². The van der Waals surface area contributed by atoms with E-state index in [1.165, 1.54) is 18.2 Å². The van der Waals surface area contributed by atoms with Crippen LogP contribution in [0.1, 0.15) is 44.2 Å². The van der Waals surface area contributed by atoms with Gasteiger partial charge in [-0.05, 0) is 26.7 Å². The van der Waals surface area contributed by atoms with Gasteiger partial charge in [0.1, 0.15) is 24.0 Å². The van der Waals surface area contributed by atoms with Crippen molar-refractivity contribution in [3.8, 4) is 6.07 Å². The van der Waals surface area contributed by atoms with Crippen LogP contribution < -0.4 is 15.1 Å². The van der Waals surface area contributed by atoms with Gasteiger partial charge in [-0.25, -0.2) is 9.97 Å². The summed E-state index contributed by atoms with van der Waals surface area (Å²) in [6.07, 6.45) is 6.66. The molecule has 0 amide bonds. The zero-order chi connectivity index (χ0) is 19.3. The lowest BCUT2D eigenvalue weighted by Crippen LogP contribution is -2.55. The second-order valence-electron chi connectivity index (χ2n) is 8.34. The van der Waals surface area contributed by atoms with E-state index in [1.807, 2.05) is 0 Å². The Morgan fingerprint density at radius 2 is 2.07 bits per heavy atom. The molecule has 144 valence electrons. The summed E-state index contributed by atoms with van der Waals surface area (Å²) in [6, 6.07) is 4.76. The predicted molar refractivity (Wildman–Crippen MR) is 106 cm³/mol. The Morgan fingerprint density at radius 3 is 2.82 bits per heavy atom. The average molecular weight is 376 g/mol. The Kier molecular flexibility index (Phi) is 3.95. The summed E-state index contributed by atoms with van der Waals surface area (Å²) in [7, 11) is 0. The Morgan fingerprint density at radius 1 is 1.25 bits per heavy atom. The van der Waals surface area contributed by atoms with E-state index < -0.39 is 0 Å². The first-order valence-electron chi connectivity index (χ1n) is 9.97. The number of rotatable bonds is 2. The summed E-state index contributed by atoms with van der Waals surface area (Å²) in [4.78, 5) is 14.0. The minimum absolute atomic E-state index is 0.0735. The molecular weight excluding hydrogens is 352 g/mol. The van der Waals surface area contributed by atoms with Gasteiger partial charge < -0.3 is 15.1 Å². The molecule has 0 aromatic carbocycles. The van der Waals surface area contributed by atoms with E-state index in [4.69, 9.17) is 4.98 Å². The van der Waals surface area contributed by atoms with Gasteiger partial charge in [0.15, 0.2) is 5.82 Å². The highest BCUT2D eigenvalue weighted by atomic mass is 15.3. The van der Waals surface area contributed by atoms with Crippen molar-refractivity contribution in [1.82, 2.24) is 25.5 Å². The number of fused-ring (bicyclic) bond motifs is 2. The minimum atomic E-state index is 0.0735. The number of aromatic nitrogens is 4. The number of hydrogen-bond donors (Lipinski definition) is 1. The lowest BCUT2D eigenvalue weighted by atomic mass is 9.66. The van der Waals surface area contributed by atoms with Crippen LogP contribution in [-0.2, 0) is 5.41 Å². The molecule has 2 fully saturated rings. The van der Waals surface area contributed by atoms with E-state index in [0.717, 1.165) is 44.1 Å². The maximum Gasteiger partial charge on any atom is 0.158 e. The normalized spacial score (nSPS) is 25.3. The monoisotopic (exact) mass is 376 g/mol. The molecule has 1 saturated carbocycles. The lowest BCUT2D eigenvalue weighted by molar-refractivity contribution is 0.265. The van der Waals surface area contributed by atoms with Crippen LogP contribution in [0.5, 0.6) is 0 Å². The third kappa shape index (κ3) is 2.53. The highest BCUT2D eigenvalue weighted by molar-refractivity contribution is 5.74. The number of nitrogens with one attached hydrogen (secondary N) is 1. The molecule has 8 heteroatoms. The third-order valence-electron chi connectivity index (χ3n) is 6.45. The minimum Gasteiger partial charge on any atom is -0.351 e. The van der Waals surface area contributed by atoms with Gasteiger partial charge in [-0.15, -0.1) is 5.10 Å². The second-order valence-corrected chi connectivity index (χ2v) is 8.34. The van der Waals surface area contributed by atoms with Crippen molar-refractivity contribution >= 4 is 17.5 Å². The molecule has 2 atom stereocenters. The summed E-state index contributed by atoms with van der Waals surface area (Å²) in [5.41, 5.74) is 1.84. The Bertz CT molecular complexity index is 947. The summed E-state index contributed by atoms with van der Waals surface area (Å²) in [6.45, 7) is 7.18. The van der Waals surface area contributed by atoms with Crippen LogP contribution >= 0.6 is 0 Å². The fraction of sp³-hybridized carbons (Fsp3) is 0.550. The van der Waals surface area contributed by atoms with Gasteiger partial charge in [0, 0.05) is 48.8 Å². The maximum atomic E-state index is 9.25. The molecule has 5 rings (SSSR count). The van der Waals surface area contributed by atoms with Crippen LogP contribution in [0, 0.1) is 11.3 Å². The molecule has 8 nitrogen and oxygen atoms in total. The first-order chi connectivity index (χ1) is 13.6. The first kappa shape index (κ1) is 17.3. The maximum absolute atomic E-state index is 9.25. The van der Waals surface area contributed by atoms with Crippen LogP contribution in [0.25, 0.3) is 0 Å². The van der Waals surface area contributed by atoms with Gasteiger partial charge in [0.05, 0.1) is 11.8 Å². The standard InChI is InChI=1S/C20H24N8/c1-13-10-27(14(2)8-22-13)18-17-19(24-12-23-18)28(11-20(17)4-3-5-20)16-6-15(7-21)9-25-26-16/h6,9,12-14,22H,3-5,8,10-11H2,1-2H3/t13-,14+/m1/s1. The molecule has 4 heterocycles. The van der Waals surface area contributed by atoms with Gasteiger partial charge in [0.25, 0.3) is 0 Å². The molecule has 2 aromatic heterocycles. The van der Waals surface area contributed by atoms with E-state index in [9.17, 15) is 5.26 Å². The van der Waals surface area contributed by atoms with Crippen molar-refractivity contribution < 1.29 is 0 Å². The van der Waals surface area contributed by atoms with Gasteiger partial charge >= 0.3 is 0 Å². The first-order valence-corrected chi connectivity index (χ1v) is 9.97. The molecular formula is C20H24N8. The van der Waals surface area contributed by atoms with Crippen molar-refractivity contribution in [3.05, 3.63) is 29.7 Å². The number of anilines is 3. The van der Waals surface area contributed by atoms with Crippen LogP contribution in [0.2, 0.25) is 0 Å². The smallest absolute Gasteiger partial charge is 0.158 e. The number of nitriles is 1. The number of piperazine rings is 1. The molecule has 2 aromatic rings. The topological polar surface area (TPSA) is 93.9 Å². The highest BCUT2D eigenvalue weighted by Gasteiger charge is 2.51. The molecule has 28 heavy (non-hydrogen) atoms. The zero-order valence-electron chi connectivity index (χ0n) is 16.3. The van der Waals surface area contributed by atoms with Gasteiger partial charge in [-0.1, -0.05) is 6.42 Å². The van der Waals surface area contributed by atoms with Gasteiger partial charge in [0.2, 0.25) is 0 Å². The van der Waals surface area contributed by atoms with E-state index in [1.54, 1.807) is 12.4 Å². The van der Waals surface area contributed by atoms with Crippen LogP contribution in [-0.4, -0.2) is 51.9 Å². The highest BCUT2D eigenvalue weighted by Crippen LogP contribution is 2.56. The van der Waals surface area contributed by atoms with Gasteiger partial charge in [-0.2, -0.15) is 10.4 Å². The molecule has 0 unspecified atom stereocenters. The molecule has 3 aliphatic rings. The molecule has 2 aliphatic heterocycles. The Balaban J connectivity index is 1.62. The summed E-state index contributed by atoms with van der Waals surface area (Å²) < 4.78 is 0. The molecule has 1 spiro atoms. The number of hydrogen-bond acceptors (Lipinski definition) is 8. The Labute approximate surface area is 164 Å². The largest absolute Gasteiger partial charge is 0.351 e. The fourth-order valence-electron chi connectivity index (χ4n) is 4.79. The summed E-state index contributed by atoms with van der Waals surface area (Å²) in [5.74, 6) is 2.68. The summed E-state index contributed by atoms with van der Waals surface area (Å²) in [5, 5.41) is 21.1. The number of nitrogens with zero attached hydrogens (tertiary/aromatic N) is 7. The SMILES string of the molecule is C[C@@H]1CN(c2ncnc3c2C2(CCC2)CN3c2cc(C#N)cnn2)[C@@H](C)CN1. The van der Waals surface area contributed by atoms with Crippen LogP contribution in [0.3, 0.4) is 0 Å². The van der Waals surface area contributed by atoms with Crippen molar-refractivity contribution in [2.45, 2.75) is 50.6 Å².